The van der Waals surface area contributed by atoms with Crippen LogP contribution in [0.2, 0.25) is 0 Å². The molecule has 0 aliphatic rings. The number of carbonyl (C=O) groups is 1. The van der Waals surface area contributed by atoms with Crippen LogP contribution in [0.1, 0.15) is 42.3 Å². The van der Waals surface area contributed by atoms with Crippen LogP contribution in [-0.4, -0.2) is 16.1 Å². The Morgan fingerprint density at radius 2 is 1.52 bits per heavy atom. The number of aromatic nitrogens is 2. The number of nitrogens with one attached hydrogen (secondary N) is 1. The Kier molecular flexibility index (Phi) is 5.42. The van der Waals surface area contributed by atoms with Gasteiger partial charge in [-0.15, -0.1) is 10.2 Å². The molecule has 1 N–H and O–H groups in total. The van der Waals surface area contributed by atoms with Gasteiger partial charge < -0.3 is 9.73 Å². The molecule has 156 valence electrons. The van der Waals surface area contributed by atoms with E-state index in [1.807, 2.05) is 67.6 Å². The number of nitrogens with zero attached hydrogens (tertiary/aromatic N) is 2. The molecule has 1 aromatic heterocycles. The SMILES string of the molecule is Cc1ccccc1C(=O)Nc1cccc(-c2nnc(-c3ccc(C(C)(C)C)cc3)o2)c1. The van der Waals surface area contributed by atoms with E-state index < -0.39 is 0 Å². The number of carbonyl (C=O) groups excluding carboxylic acids is 1. The lowest BCUT2D eigenvalue weighted by molar-refractivity contribution is 0.102. The maximum Gasteiger partial charge on any atom is 0.255 e. The van der Waals surface area contributed by atoms with Crippen molar-refractivity contribution in [2.24, 2.45) is 0 Å². The molecule has 0 aliphatic carbocycles. The third-order valence-electron chi connectivity index (χ3n) is 5.18. The van der Waals surface area contributed by atoms with E-state index in [1.165, 1.54) is 5.56 Å². The molecule has 0 spiro atoms. The van der Waals surface area contributed by atoms with Gasteiger partial charge in [-0.05, 0) is 59.9 Å². The molecular formula is C26H25N3O2. The van der Waals surface area contributed by atoms with E-state index in [9.17, 15) is 4.79 Å². The topological polar surface area (TPSA) is 68.0 Å². The fraction of sp³-hybridized carbons (Fsp3) is 0.192. The van der Waals surface area contributed by atoms with Crippen LogP contribution in [0.4, 0.5) is 5.69 Å². The Bertz CT molecular complexity index is 1220. The van der Waals surface area contributed by atoms with Crippen LogP contribution in [0, 0.1) is 6.92 Å². The smallest absolute Gasteiger partial charge is 0.255 e. The van der Waals surface area contributed by atoms with Crippen LogP contribution in [0.25, 0.3) is 22.9 Å². The van der Waals surface area contributed by atoms with Gasteiger partial charge in [0, 0.05) is 22.4 Å². The molecule has 0 fully saturated rings. The van der Waals surface area contributed by atoms with Gasteiger partial charge in [-0.1, -0.05) is 57.2 Å². The van der Waals surface area contributed by atoms with Gasteiger partial charge in [0.1, 0.15) is 0 Å². The van der Waals surface area contributed by atoms with E-state index in [1.54, 1.807) is 0 Å². The summed E-state index contributed by atoms with van der Waals surface area (Å²) in [6.07, 6.45) is 0. The van der Waals surface area contributed by atoms with E-state index >= 15 is 0 Å². The minimum atomic E-state index is -0.152. The normalized spacial score (nSPS) is 11.4. The molecule has 0 saturated carbocycles. The van der Waals surface area contributed by atoms with Crippen molar-refractivity contribution >= 4 is 11.6 Å². The minimum Gasteiger partial charge on any atom is -0.416 e. The summed E-state index contributed by atoms with van der Waals surface area (Å²) in [6.45, 7) is 8.45. The van der Waals surface area contributed by atoms with Gasteiger partial charge in [-0.3, -0.25) is 4.79 Å². The Labute approximate surface area is 182 Å². The second-order valence-electron chi connectivity index (χ2n) is 8.59. The molecule has 0 atom stereocenters. The molecule has 0 aliphatic heterocycles. The van der Waals surface area contributed by atoms with E-state index in [0.29, 0.717) is 23.0 Å². The van der Waals surface area contributed by atoms with Crippen LogP contribution in [-0.2, 0) is 5.41 Å². The Morgan fingerprint density at radius 3 is 2.19 bits per heavy atom. The summed E-state index contributed by atoms with van der Waals surface area (Å²) in [5.41, 5.74) is 5.18. The van der Waals surface area contributed by atoms with Gasteiger partial charge >= 0.3 is 0 Å². The fourth-order valence-electron chi connectivity index (χ4n) is 3.33. The summed E-state index contributed by atoms with van der Waals surface area (Å²) < 4.78 is 5.91. The zero-order valence-corrected chi connectivity index (χ0v) is 18.1. The van der Waals surface area contributed by atoms with Crippen molar-refractivity contribution in [3.8, 4) is 22.9 Å². The van der Waals surface area contributed by atoms with Crippen molar-refractivity contribution in [3.63, 3.8) is 0 Å². The number of hydrogen-bond acceptors (Lipinski definition) is 4. The molecule has 1 heterocycles. The molecule has 0 radical (unpaired) electrons. The maximum atomic E-state index is 12.6. The van der Waals surface area contributed by atoms with E-state index in [0.717, 1.165) is 16.7 Å². The third-order valence-corrected chi connectivity index (χ3v) is 5.18. The molecule has 4 rings (SSSR count). The molecule has 0 bridgehead atoms. The first kappa shape index (κ1) is 20.5. The van der Waals surface area contributed by atoms with E-state index in [4.69, 9.17) is 4.42 Å². The van der Waals surface area contributed by atoms with Crippen LogP contribution in [0.15, 0.2) is 77.2 Å². The highest BCUT2D eigenvalue weighted by Gasteiger charge is 2.16. The molecule has 5 nitrogen and oxygen atoms in total. The molecule has 3 aromatic carbocycles. The molecule has 0 unspecified atom stereocenters. The van der Waals surface area contributed by atoms with Gasteiger partial charge in [0.25, 0.3) is 5.91 Å². The second-order valence-corrected chi connectivity index (χ2v) is 8.59. The van der Waals surface area contributed by atoms with Crippen molar-refractivity contribution in [3.05, 3.63) is 89.5 Å². The quantitative estimate of drug-likeness (QED) is 0.430. The largest absolute Gasteiger partial charge is 0.416 e. The van der Waals surface area contributed by atoms with Crippen molar-refractivity contribution < 1.29 is 9.21 Å². The van der Waals surface area contributed by atoms with Crippen LogP contribution in [0.5, 0.6) is 0 Å². The van der Waals surface area contributed by atoms with Crippen molar-refractivity contribution in [2.75, 3.05) is 5.32 Å². The monoisotopic (exact) mass is 411 g/mol. The lowest BCUT2D eigenvalue weighted by Gasteiger charge is -2.18. The first-order chi connectivity index (χ1) is 14.8. The third kappa shape index (κ3) is 4.56. The highest BCUT2D eigenvalue weighted by molar-refractivity contribution is 6.05. The molecule has 31 heavy (non-hydrogen) atoms. The van der Waals surface area contributed by atoms with Crippen LogP contribution < -0.4 is 5.32 Å². The maximum absolute atomic E-state index is 12.6. The number of anilines is 1. The highest BCUT2D eigenvalue weighted by atomic mass is 16.4. The molecule has 0 saturated heterocycles. The zero-order valence-electron chi connectivity index (χ0n) is 18.1. The van der Waals surface area contributed by atoms with Gasteiger partial charge in [0.05, 0.1) is 0 Å². The van der Waals surface area contributed by atoms with Crippen molar-refractivity contribution in [2.45, 2.75) is 33.1 Å². The summed E-state index contributed by atoms with van der Waals surface area (Å²) in [4.78, 5) is 12.6. The van der Waals surface area contributed by atoms with Crippen molar-refractivity contribution in [1.82, 2.24) is 10.2 Å². The summed E-state index contributed by atoms with van der Waals surface area (Å²) in [7, 11) is 0. The van der Waals surface area contributed by atoms with E-state index in [2.05, 4.69) is 48.4 Å². The van der Waals surface area contributed by atoms with E-state index in [-0.39, 0.29) is 11.3 Å². The molecule has 5 heteroatoms. The first-order valence-electron chi connectivity index (χ1n) is 10.2. The average Bonchev–Trinajstić information content (AvgIpc) is 3.24. The Balaban J connectivity index is 1.54. The zero-order chi connectivity index (χ0) is 22.0. The number of benzene rings is 3. The highest BCUT2D eigenvalue weighted by Crippen LogP contribution is 2.28. The average molecular weight is 412 g/mol. The first-order valence-corrected chi connectivity index (χ1v) is 10.2. The molecule has 4 aromatic rings. The van der Waals surface area contributed by atoms with Gasteiger partial charge in [-0.25, -0.2) is 0 Å². The summed E-state index contributed by atoms with van der Waals surface area (Å²) in [5.74, 6) is 0.715. The van der Waals surface area contributed by atoms with Gasteiger partial charge in [0.2, 0.25) is 11.8 Å². The predicted molar refractivity (Wildman–Crippen MR) is 123 cm³/mol. The molecular weight excluding hydrogens is 386 g/mol. The van der Waals surface area contributed by atoms with Crippen LogP contribution in [0.3, 0.4) is 0 Å². The minimum absolute atomic E-state index is 0.0850. The molecule has 1 amide bonds. The lowest BCUT2D eigenvalue weighted by Crippen LogP contribution is -2.13. The Morgan fingerprint density at radius 1 is 0.839 bits per heavy atom. The number of hydrogen-bond donors (Lipinski definition) is 1. The number of amides is 1. The van der Waals surface area contributed by atoms with Gasteiger partial charge in [-0.2, -0.15) is 0 Å². The lowest BCUT2D eigenvalue weighted by atomic mass is 9.87. The Hall–Kier alpha value is -3.73. The number of aryl methyl sites for hydroxylation is 1. The fourth-order valence-corrected chi connectivity index (χ4v) is 3.33. The summed E-state index contributed by atoms with van der Waals surface area (Å²) >= 11 is 0. The van der Waals surface area contributed by atoms with Crippen LogP contribution >= 0.6 is 0 Å². The van der Waals surface area contributed by atoms with Gasteiger partial charge in [0.15, 0.2) is 0 Å². The summed E-state index contributed by atoms with van der Waals surface area (Å²) in [6, 6.07) is 23.0. The number of rotatable bonds is 4. The second kappa shape index (κ2) is 8.19. The standard InChI is InChI=1S/C26H25N3O2/c1-17-8-5-6-11-22(17)23(30)27-21-10-7-9-19(16-21)25-29-28-24(31-25)18-12-14-20(15-13-18)26(2,3)4/h5-16H,1-4H3,(H,27,30). The summed E-state index contributed by atoms with van der Waals surface area (Å²) in [5, 5.41) is 11.3. The predicted octanol–water partition coefficient (Wildman–Crippen LogP) is 6.26. The van der Waals surface area contributed by atoms with Crippen molar-refractivity contribution in [1.29, 1.82) is 0 Å².